The van der Waals surface area contributed by atoms with Gasteiger partial charge in [0.15, 0.2) is 0 Å². The Hall–Kier alpha value is -0.980. The average Bonchev–Trinajstić information content (AvgIpc) is 2.43. The minimum Gasteiger partial charge on any atom is -0.351 e. The van der Waals surface area contributed by atoms with Crippen LogP contribution in [0.2, 0.25) is 0 Å². The number of halogens is 2. The van der Waals surface area contributed by atoms with E-state index < -0.39 is 5.82 Å². The highest BCUT2D eigenvalue weighted by molar-refractivity contribution is 9.10. The smallest absolute Gasteiger partial charge is 0.252 e. The van der Waals surface area contributed by atoms with E-state index in [0.29, 0.717) is 12.1 Å². The zero-order valence-corrected chi connectivity index (χ0v) is 12.2. The summed E-state index contributed by atoms with van der Waals surface area (Å²) in [5.41, 5.74) is 0.334. The first-order chi connectivity index (χ1) is 9.18. The van der Waals surface area contributed by atoms with Gasteiger partial charge in [0.05, 0.1) is 10.0 Å². The van der Waals surface area contributed by atoms with Gasteiger partial charge in [-0.3, -0.25) is 9.69 Å². The molecule has 6 heteroatoms. The van der Waals surface area contributed by atoms with Crippen molar-refractivity contribution in [2.75, 3.05) is 39.3 Å². The van der Waals surface area contributed by atoms with Gasteiger partial charge in [-0.2, -0.15) is 0 Å². The number of carbonyl (C=O) groups is 1. The minimum atomic E-state index is -0.422. The first kappa shape index (κ1) is 14.4. The third-order valence-electron chi connectivity index (χ3n) is 3.12. The molecule has 1 amide bonds. The van der Waals surface area contributed by atoms with Crippen LogP contribution in [0.25, 0.3) is 0 Å². The van der Waals surface area contributed by atoms with E-state index in [1.807, 2.05) is 0 Å². The van der Waals surface area contributed by atoms with Crippen molar-refractivity contribution in [3.05, 3.63) is 34.1 Å². The van der Waals surface area contributed by atoms with Crippen molar-refractivity contribution in [3.8, 4) is 0 Å². The fraction of sp³-hybridized carbons (Fsp3) is 0.462. The third kappa shape index (κ3) is 3.99. The summed E-state index contributed by atoms with van der Waals surface area (Å²) in [6, 6.07) is 4.46. The molecule has 0 bridgehead atoms. The number of hydrogen-bond donors (Lipinski definition) is 2. The predicted octanol–water partition coefficient (Wildman–Crippen LogP) is 1.22. The Labute approximate surface area is 120 Å². The second-order valence-electron chi connectivity index (χ2n) is 4.45. The fourth-order valence-corrected chi connectivity index (χ4v) is 2.48. The van der Waals surface area contributed by atoms with Crippen LogP contribution in [0.5, 0.6) is 0 Å². The molecule has 1 aliphatic rings. The number of piperazine rings is 1. The maximum atomic E-state index is 13.3. The van der Waals surface area contributed by atoms with Gasteiger partial charge in [-0.1, -0.05) is 6.07 Å². The van der Waals surface area contributed by atoms with Gasteiger partial charge in [-0.05, 0) is 28.1 Å². The predicted molar refractivity (Wildman–Crippen MR) is 75.7 cm³/mol. The Morgan fingerprint density at radius 3 is 2.89 bits per heavy atom. The zero-order chi connectivity index (χ0) is 13.7. The average molecular weight is 330 g/mol. The topological polar surface area (TPSA) is 44.4 Å². The van der Waals surface area contributed by atoms with Crippen LogP contribution in [0, 0.1) is 5.82 Å². The van der Waals surface area contributed by atoms with Gasteiger partial charge in [0, 0.05) is 39.3 Å². The number of nitrogens with one attached hydrogen (secondary N) is 2. The molecule has 0 unspecified atom stereocenters. The maximum Gasteiger partial charge on any atom is 0.252 e. The summed E-state index contributed by atoms with van der Waals surface area (Å²) >= 11 is 3.09. The number of nitrogens with zero attached hydrogens (tertiary/aromatic N) is 1. The van der Waals surface area contributed by atoms with E-state index in [1.54, 1.807) is 6.07 Å². The maximum absolute atomic E-state index is 13.3. The molecule has 104 valence electrons. The monoisotopic (exact) mass is 329 g/mol. The lowest BCUT2D eigenvalue weighted by atomic mass is 10.2. The van der Waals surface area contributed by atoms with E-state index in [2.05, 4.69) is 31.5 Å². The highest BCUT2D eigenvalue weighted by atomic mass is 79.9. The Bertz CT molecular complexity index is 450. The molecule has 1 aliphatic heterocycles. The lowest BCUT2D eigenvalue weighted by Crippen LogP contribution is -2.46. The molecule has 19 heavy (non-hydrogen) atoms. The second-order valence-corrected chi connectivity index (χ2v) is 5.24. The van der Waals surface area contributed by atoms with Crippen LogP contribution >= 0.6 is 15.9 Å². The summed E-state index contributed by atoms with van der Waals surface area (Å²) in [6.07, 6.45) is 0. The van der Waals surface area contributed by atoms with Crippen LogP contribution in [-0.4, -0.2) is 50.1 Å². The second kappa shape index (κ2) is 6.98. The van der Waals surface area contributed by atoms with Crippen LogP contribution in [-0.2, 0) is 0 Å². The van der Waals surface area contributed by atoms with Crippen molar-refractivity contribution < 1.29 is 9.18 Å². The van der Waals surface area contributed by atoms with Gasteiger partial charge >= 0.3 is 0 Å². The Morgan fingerprint density at radius 1 is 1.42 bits per heavy atom. The van der Waals surface area contributed by atoms with E-state index in [-0.39, 0.29) is 10.4 Å². The lowest BCUT2D eigenvalue weighted by molar-refractivity contribution is 0.0946. The molecule has 1 aromatic rings. The van der Waals surface area contributed by atoms with Gasteiger partial charge in [-0.15, -0.1) is 0 Å². The summed E-state index contributed by atoms with van der Waals surface area (Å²) in [5, 5.41) is 6.09. The summed E-state index contributed by atoms with van der Waals surface area (Å²) < 4.78 is 13.5. The molecule has 1 fully saturated rings. The highest BCUT2D eigenvalue weighted by Crippen LogP contribution is 2.20. The standard InChI is InChI=1S/C13H17BrFN3O/c14-12-10(2-1-3-11(12)15)13(19)17-6-9-18-7-4-16-5-8-18/h1-3,16H,4-9H2,(H,17,19). The number of benzene rings is 1. The SMILES string of the molecule is O=C(NCCN1CCNCC1)c1cccc(F)c1Br. The molecule has 0 radical (unpaired) electrons. The van der Waals surface area contributed by atoms with Gasteiger partial charge in [0.2, 0.25) is 0 Å². The van der Waals surface area contributed by atoms with E-state index in [9.17, 15) is 9.18 Å². The highest BCUT2D eigenvalue weighted by Gasteiger charge is 2.13. The first-order valence-corrected chi connectivity index (χ1v) is 7.13. The third-order valence-corrected chi connectivity index (χ3v) is 3.93. The molecule has 0 spiro atoms. The van der Waals surface area contributed by atoms with Crippen molar-refractivity contribution in [1.82, 2.24) is 15.5 Å². The van der Waals surface area contributed by atoms with Crippen LogP contribution in [0.15, 0.2) is 22.7 Å². The zero-order valence-electron chi connectivity index (χ0n) is 10.6. The molecule has 1 saturated heterocycles. The first-order valence-electron chi connectivity index (χ1n) is 6.34. The van der Waals surface area contributed by atoms with E-state index in [4.69, 9.17) is 0 Å². The molecule has 0 aliphatic carbocycles. The van der Waals surface area contributed by atoms with Crippen molar-refractivity contribution in [2.45, 2.75) is 0 Å². The van der Waals surface area contributed by atoms with Crippen LogP contribution in [0.4, 0.5) is 4.39 Å². The van der Waals surface area contributed by atoms with E-state index in [1.165, 1.54) is 12.1 Å². The molecule has 2 N–H and O–H groups in total. The Balaban J connectivity index is 1.82. The van der Waals surface area contributed by atoms with Crippen LogP contribution in [0.3, 0.4) is 0 Å². The van der Waals surface area contributed by atoms with Crippen molar-refractivity contribution in [2.24, 2.45) is 0 Å². The molecule has 4 nitrogen and oxygen atoms in total. The summed E-state index contributed by atoms with van der Waals surface area (Å²) in [5.74, 6) is -0.670. The molecule has 0 saturated carbocycles. The Kier molecular flexibility index (Phi) is 5.30. The molecule has 1 aromatic carbocycles. The largest absolute Gasteiger partial charge is 0.351 e. The summed E-state index contributed by atoms with van der Waals surface area (Å²) in [4.78, 5) is 14.2. The van der Waals surface area contributed by atoms with Crippen LogP contribution < -0.4 is 10.6 Å². The minimum absolute atomic E-state index is 0.217. The molecular weight excluding hydrogens is 313 g/mol. The molecule has 0 aromatic heterocycles. The lowest BCUT2D eigenvalue weighted by Gasteiger charge is -2.27. The van der Waals surface area contributed by atoms with Gasteiger partial charge in [-0.25, -0.2) is 4.39 Å². The Morgan fingerprint density at radius 2 is 2.16 bits per heavy atom. The van der Waals surface area contributed by atoms with E-state index >= 15 is 0 Å². The molecular formula is C13H17BrFN3O. The molecule has 0 atom stereocenters. The summed E-state index contributed by atoms with van der Waals surface area (Å²) in [7, 11) is 0. The van der Waals surface area contributed by atoms with Gasteiger partial charge < -0.3 is 10.6 Å². The van der Waals surface area contributed by atoms with Crippen molar-refractivity contribution in [1.29, 1.82) is 0 Å². The van der Waals surface area contributed by atoms with Crippen molar-refractivity contribution >= 4 is 21.8 Å². The number of hydrogen-bond acceptors (Lipinski definition) is 3. The van der Waals surface area contributed by atoms with Gasteiger partial charge in [0.25, 0.3) is 5.91 Å². The summed E-state index contributed by atoms with van der Waals surface area (Å²) in [6.45, 7) is 5.37. The number of rotatable bonds is 4. The van der Waals surface area contributed by atoms with Gasteiger partial charge in [0.1, 0.15) is 5.82 Å². The van der Waals surface area contributed by atoms with E-state index in [0.717, 1.165) is 32.7 Å². The molecule has 1 heterocycles. The van der Waals surface area contributed by atoms with Crippen LogP contribution in [0.1, 0.15) is 10.4 Å². The number of carbonyl (C=O) groups excluding carboxylic acids is 1. The fourth-order valence-electron chi connectivity index (χ4n) is 2.04. The number of amides is 1. The normalized spacial score (nSPS) is 16.3. The quantitative estimate of drug-likeness (QED) is 0.873. The van der Waals surface area contributed by atoms with Crippen molar-refractivity contribution in [3.63, 3.8) is 0 Å². The molecule has 2 rings (SSSR count).